The average molecular weight is 431 g/mol. The molecule has 0 bridgehead atoms. The fourth-order valence-corrected chi connectivity index (χ4v) is 3.28. The Kier molecular flexibility index (Phi) is 6.13. The number of nitrogens with zero attached hydrogens (tertiary/aromatic N) is 4. The molecule has 1 saturated heterocycles. The van der Waals surface area contributed by atoms with E-state index in [1.165, 1.54) is 25.4 Å². The van der Waals surface area contributed by atoms with Crippen LogP contribution in [0.25, 0.3) is 5.69 Å². The zero-order valence-electron chi connectivity index (χ0n) is 15.4. The van der Waals surface area contributed by atoms with Gasteiger partial charge in [0, 0.05) is 26.2 Å². The summed E-state index contributed by atoms with van der Waals surface area (Å²) >= 11 is 6.23. The molecule has 29 heavy (non-hydrogen) atoms. The Hall–Kier alpha value is -2.59. The molecule has 3 rings (SSSR count). The number of halogens is 4. The van der Waals surface area contributed by atoms with Crippen molar-refractivity contribution in [3.05, 3.63) is 51.4 Å². The minimum absolute atomic E-state index is 0.0267. The summed E-state index contributed by atoms with van der Waals surface area (Å²) in [5.74, 6) is -0.332. The van der Waals surface area contributed by atoms with Crippen molar-refractivity contribution < 1.29 is 22.7 Å². The van der Waals surface area contributed by atoms with Crippen LogP contribution in [0, 0.1) is 0 Å². The van der Waals surface area contributed by atoms with Gasteiger partial charge in [0.2, 0.25) is 0 Å². The Balaban J connectivity index is 1.81. The second-order valence-electron chi connectivity index (χ2n) is 6.45. The molecular formula is C18H18ClF3N4O3. The molecule has 2 aromatic rings. The second kappa shape index (κ2) is 8.42. The Morgan fingerprint density at radius 2 is 1.93 bits per heavy atom. The Morgan fingerprint density at radius 3 is 2.55 bits per heavy atom. The van der Waals surface area contributed by atoms with Crippen LogP contribution in [0.15, 0.2) is 35.3 Å². The minimum Gasteiger partial charge on any atom is -0.468 e. The van der Waals surface area contributed by atoms with Crippen LogP contribution >= 0.6 is 11.6 Å². The highest BCUT2D eigenvalue weighted by Gasteiger charge is 2.31. The van der Waals surface area contributed by atoms with Crippen LogP contribution in [0.5, 0.6) is 0 Å². The first-order valence-corrected chi connectivity index (χ1v) is 9.08. The van der Waals surface area contributed by atoms with Gasteiger partial charge in [0.25, 0.3) is 5.56 Å². The number of anilines is 1. The highest BCUT2D eigenvalue weighted by atomic mass is 35.5. The first-order chi connectivity index (χ1) is 13.7. The first kappa shape index (κ1) is 21.1. The fraction of sp³-hybridized carbons (Fsp3) is 0.389. The van der Waals surface area contributed by atoms with Crippen molar-refractivity contribution in [2.24, 2.45) is 0 Å². The maximum absolute atomic E-state index is 12.9. The number of carbonyl (C=O) groups excluding carboxylic acids is 1. The van der Waals surface area contributed by atoms with Crippen molar-refractivity contribution in [3.63, 3.8) is 0 Å². The van der Waals surface area contributed by atoms with Gasteiger partial charge in [0.1, 0.15) is 5.02 Å². The Morgan fingerprint density at radius 1 is 1.24 bits per heavy atom. The summed E-state index contributed by atoms with van der Waals surface area (Å²) in [5.41, 5.74) is -1.22. The highest BCUT2D eigenvalue weighted by Crippen LogP contribution is 2.30. The number of alkyl halides is 3. The molecule has 0 N–H and O–H groups in total. The lowest BCUT2D eigenvalue weighted by Crippen LogP contribution is -2.48. The van der Waals surface area contributed by atoms with Crippen LogP contribution in [0.2, 0.25) is 5.02 Å². The van der Waals surface area contributed by atoms with Crippen molar-refractivity contribution >= 4 is 23.3 Å². The standard InChI is InChI=1S/C18H18ClF3N4O3/c1-29-15(27)11-24-5-7-25(8-6-24)14-10-23-26(17(28)16(14)19)13-4-2-3-12(9-13)18(20,21)22/h2-4,9-10H,5-8,11H2,1H3. The van der Waals surface area contributed by atoms with E-state index in [1.807, 2.05) is 9.80 Å². The molecule has 7 nitrogen and oxygen atoms in total. The van der Waals surface area contributed by atoms with Gasteiger partial charge in [-0.2, -0.15) is 23.0 Å². The number of esters is 1. The van der Waals surface area contributed by atoms with Crippen molar-refractivity contribution in [2.75, 3.05) is 44.7 Å². The van der Waals surface area contributed by atoms with E-state index in [-0.39, 0.29) is 23.2 Å². The normalized spacial score (nSPS) is 15.4. The van der Waals surface area contributed by atoms with E-state index in [9.17, 15) is 22.8 Å². The highest BCUT2D eigenvalue weighted by molar-refractivity contribution is 6.33. The molecule has 1 fully saturated rings. The molecule has 0 radical (unpaired) electrons. The van der Waals surface area contributed by atoms with Crippen LogP contribution in [0.3, 0.4) is 0 Å². The monoisotopic (exact) mass is 430 g/mol. The number of piperazine rings is 1. The SMILES string of the molecule is COC(=O)CN1CCN(c2cnn(-c3cccc(C(F)(F)F)c3)c(=O)c2Cl)CC1. The molecule has 1 aromatic carbocycles. The summed E-state index contributed by atoms with van der Waals surface area (Å²) in [7, 11) is 1.32. The zero-order chi connectivity index (χ0) is 21.2. The molecule has 0 aliphatic carbocycles. The van der Waals surface area contributed by atoms with E-state index >= 15 is 0 Å². The first-order valence-electron chi connectivity index (χ1n) is 8.70. The molecule has 0 unspecified atom stereocenters. The topological polar surface area (TPSA) is 67.7 Å². The minimum atomic E-state index is -4.53. The van der Waals surface area contributed by atoms with Crippen LogP contribution in [0.1, 0.15) is 5.56 Å². The zero-order valence-corrected chi connectivity index (χ0v) is 16.2. The number of aromatic nitrogens is 2. The molecule has 156 valence electrons. The third-order valence-electron chi connectivity index (χ3n) is 4.61. The van der Waals surface area contributed by atoms with Gasteiger partial charge in [-0.1, -0.05) is 17.7 Å². The number of methoxy groups -OCH3 is 1. The fourth-order valence-electron chi connectivity index (χ4n) is 3.04. The Labute approximate surface area is 169 Å². The molecule has 0 atom stereocenters. The predicted molar refractivity (Wildman–Crippen MR) is 101 cm³/mol. The van der Waals surface area contributed by atoms with E-state index in [1.54, 1.807) is 0 Å². The third-order valence-corrected chi connectivity index (χ3v) is 4.97. The van der Waals surface area contributed by atoms with Crippen molar-refractivity contribution in [2.45, 2.75) is 6.18 Å². The average Bonchev–Trinajstić information content (AvgIpc) is 2.70. The molecule has 11 heteroatoms. The van der Waals surface area contributed by atoms with E-state index < -0.39 is 17.3 Å². The molecule has 1 aromatic heterocycles. The van der Waals surface area contributed by atoms with Gasteiger partial charge < -0.3 is 9.64 Å². The second-order valence-corrected chi connectivity index (χ2v) is 6.83. The largest absolute Gasteiger partial charge is 0.468 e. The van der Waals surface area contributed by atoms with Crippen LogP contribution in [0.4, 0.5) is 18.9 Å². The predicted octanol–water partition coefficient (Wildman–Crippen LogP) is 2.20. The van der Waals surface area contributed by atoms with Crippen molar-refractivity contribution in [3.8, 4) is 5.69 Å². The van der Waals surface area contributed by atoms with Crippen LogP contribution < -0.4 is 10.5 Å². The van der Waals surface area contributed by atoms with E-state index in [0.29, 0.717) is 31.9 Å². The number of benzene rings is 1. The number of ether oxygens (including phenoxy) is 1. The van der Waals surface area contributed by atoms with Gasteiger partial charge in [0.15, 0.2) is 0 Å². The summed E-state index contributed by atoms with van der Waals surface area (Å²) in [5, 5.41) is 3.89. The summed E-state index contributed by atoms with van der Waals surface area (Å²) in [6, 6.07) is 4.31. The van der Waals surface area contributed by atoms with Gasteiger partial charge in [0.05, 0.1) is 36.8 Å². The lowest BCUT2D eigenvalue weighted by Gasteiger charge is -2.35. The van der Waals surface area contributed by atoms with E-state index in [2.05, 4.69) is 9.84 Å². The number of hydrogen-bond donors (Lipinski definition) is 0. The van der Waals surface area contributed by atoms with Crippen LogP contribution in [-0.2, 0) is 15.7 Å². The third kappa shape index (κ3) is 4.70. The quantitative estimate of drug-likeness (QED) is 0.693. The molecular weight excluding hydrogens is 413 g/mol. The molecule has 0 spiro atoms. The van der Waals surface area contributed by atoms with Gasteiger partial charge >= 0.3 is 12.1 Å². The number of carbonyl (C=O) groups is 1. The molecule has 0 saturated carbocycles. The lowest BCUT2D eigenvalue weighted by molar-refractivity contribution is -0.142. The number of hydrogen-bond acceptors (Lipinski definition) is 6. The van der Waals surface area contributed by atoms with E-state index in [0.717, 1.165) is 16.8 Å². The molecule has 2 heterocycles. The molecule has 1 aliphatic rings. The van der Waals surface area contributed by atoms with Crippen LogP contribution in [-0.4, -0.2) is 60.5 Å². The maximum Gasteiger partial charge on any atom is 0.416 e. The summed E-state index contributed by atoms with van der Waals surface area (Å²) in [6.45, 7) is 2.30. The smallest absolute Gasteiger partial charge is 0.416 e. The molecule has 1 aliphatic heterocycles. The lowest BCUT2D eigenvalue weighted by atomic mass is 10.2. The maximum atomic E-state index is 12.9. The van der Waals surface area contributed by atoms with Crippen molar-refractivity contribution in [1.82, 2.24) is 14.7 Å². The Bertz CT molecular complexity index is 956. The van der Waals surface area contributed by atoms with Crippen molar-refractivity contribution in [1.29, 1.82) is 0 Å². The van der Waals surface area contributed by atoms with Gasteiger partial charge in [-0.05, 0) is 18.2 Å². The summed E-state index contributed by atoms with van der Waals surface area (Å²) < 4.78 is 44.3. The molecule has 0 amide bonds. The number of rotatable bonds is 4. The van der Waals surface area contributed by atoms with Gasteiger partial charge in [-0.3, -0.25) is 14.5 Å². The summed E-state index contributed by atoms with van der Waals surface area (Å²) in [6.07, 6.45) is -3.17. The van der Waals surface area contributed by atoms with Gasteiger partial charge in [-0.15, -0.1) is 0 Å². The van der Waals surface area contributed by atoms with Gasteiger partial charge in [-0.25, -0.2) is 0 Å². The summed E-state index contributed by atoms with van der Waals surface area (Å²) in [4.78, 5) is 27.8. The van der Waals surface area contributed by atoms with E-state index in [4.69, 9.17) is 11.6 Å².